The van der Waals surface area contributed by atoms with Crippen molar-refractivity contribution in [3.63, 3.8) is 0 Å². The van der Waals surface area contributed by atoms with Crippen molar-refractivity contribution in [1.82, 2.24) is 0 Å². The number of benzene rings is 2. The molecule has 1 aliphatic heterocycles. The van der Waals surface area contributed by atoms with E-state index in [1.165, 1.54) is 53.0 Å². The maximum atomic E-state index is 2.52. The molecule has 1 nitrogen and oxygen atoms in total. The molecule has 1 fully saturated rings. The average molecular weight is 329 g/mol. The molecule has 1 atom stereocenters. The van der Waals surface area contributed by atoms with E-state index in [1.807, 2.05) is 0 Å². The summed E-state index contributed by atoms with van der Waals surface area (Å²) in [7, 11) is 0. The first-order valence-electron chi connectivity index (χ1n) is 9.65. The maximum absolute atomic E-state index is 2.52. The van der Waals surface area contributed by atoms with Crippen LogP contribution in [0.5, 0.6) is 0 Å². The Morgan fingerprint density at radius 1 is 0.960 bits per heavy atom. The summed E-state index contributed by atoms with van der Waals surface area (Å²) in [5.41, 5.74) is 10.1. The molecule has 2 aromatic rings. The number of hydrogen-bond donors (Lipinski definition) is 0. The molecule has 0 aromatic heterocycles. The summed E-state index contributed by atoms with van der Waals surface area (Å²) >= 11 is 0. The first kappa shape index (κ1) is 16.2. The molecule has 2 aromatic carbocycles. The van der Waals surface area contributed by atoms with Crippen LogP contribution in [-0.2, 0) is 0 Å². The van der Waals surface area contributed by atoms with Gasteiger partial charge in [0.1, 0.15) is 0 Å². The number of para-hydroxylation sites is 1. The standard InChI is InChI=1S/C24H27N/c1-4-17(3)22-13-9-10-19-16-20(5-2)25(21-11-7-6-8-12-21)24(23(19)22)18-14-15-18/h6-13,16-17H,4-5,14-15H2,1-3H3. The zero-order valence-corrected chi connectivity index (χ0v) is 15.5. The topological polar surface area (TPSA) is 3.24 Å². The van der Waals surface area contributed by atoms with Gasteiger partial charge in [0.15, 0.2) is 0 Å². The number of anilines is 1. The highest BCUT2D eigenvalue weighted by atomic mass is 15.2. The van der Waals surface area contributed by atoms with Crippen molar-refractivity contribution < 1.29 is 0 Å². The van der Waals surface area contributed by atoms with Crippen LogP contribution in [0.3, 0.4) is 0 Å². The van der Waals surface area contributed by atoms with Gasteiger partial charge < -0.3 is 4.90 Å². The van der Waals surface area contributed by atoms with E-state index in [0.29, 0.717) is 5.92 Å². The van der Waals surface area contributed by atoms with Crippen LogP contribution in [0, 0.1) is 0 Å². The van der Waals surface area contributed by atoms with Gasteiger partial charge in [-0.25, -0.2) is 0 Å². The summed E-state index contributed by atoms with van der Waals surface area (Å²) < 4.78 is 0. The molecule has 4 rings (SSSR count). The summed E-state index contributed by atoms with van der Waals surface area (Å²) in [6.07, 6.45) is 7.10. The second-order valence-corrected chi connectivity index (χ2v) is 7.23. The van der Waals surface area contributed by atoms with Gasteiger partial charge in [0.05, 0.1) is 5.70 Å². The van der Waals surface area contributed by atoms with Crippen LogP contribution in [-0.4, -0.2) is 0 Å². The van der Waals surface area contributed by atoms with Crippen LogP contribution in [0.2, 0.25) is 0 Å². The lowest BCUT2D eigenvalue weighted by Crippen LogP contribution is -2.25. The van der Waals surface area contributed by atoms with Crippen molar-refractivity contribution in [3.05, 3.63) is 76.5 Å². The van der Waals surface area contributed by atoms with Gasteiger partial charge in [-0.1, -0.05) is 57.2 Å². The largest absolute Gasteiger partial charge is 0.314 e. The fourth-order valence-corrected chi connectivity index (χ4v) is 3.88. The lowest BCUT2D eigenvalue weighted by atomic mass is 9.85. The van der Waals surface area contributed by atoms with Gasteiger partial charge in [-0.3, -0.25) is 0 Å². The maximum Gasteiger partial charge on any atom is 0.0531 e. The molecule has 0 N–H and O–H groups in total. The Kier molecular flexibility index (Phi) is 4.25. The molecule has 0 spiro atoms. The molecule has 0 radical (unpaired) electrons. The Balaban J connectivity index is 1.98. The number of nitrogens with zero attached hydrogens (tertiary/aromatic N) is 1. The summed E-state index contributed by atoms with van der Waals surface area (Å²) in [4.78, 5) is 2.52. The van der Waals surface area contributed by atoms with Gasteiger partial charge in [0, 0.05) is 16.9 Å². The third-order valence-electron chi connectivity index (χ3n) is 5.55. The SMILES string of the molecule is CCC1=Cc2cccc(C(C)CC)c2C(=C2CC2)N1c1ccccc1. The summed E-state index contributed by atoms with van der Waals surface area (Å²) in [5.74, 6) is 0.582. The van der Waals surface area contributed by atoms with Crippen LogP contribution in [0.25, 0.3) is 11.8 Å². The monoisotopic (exact) mass is 329 g/mol. The quantitative estimate of drug-likeness (QED) is 0.585. The third-order valence-corrected chi connectivity index (χ3v) is 5.55. The van der Waals surface area contributed by atoms with Crippen LogP contribution >= 0.6 is 0 Å². The van der Waals surface area contributed by atoms with Crippen molar-refractivity contribution in [3.8, 4) is 0 Å². The van der Waals surface area contributed by atoms with Gasteiger partial charge in [-0.05, 0) is 66.5 Å². The highest BCUT2D eigenvalue weighted by Crippen LogP contribution is 2.48. The first-order valence-corrected chi connectivity index (χ1v) is 9.65. The molecule has 128 valence electrons. The summed E-state index contributed by atoms with van der Waals surface area (Å²) in [5, 5.41) is 0. The second kappa shape index (κ2) is 6.55. The van der Waals surface area contributed by atoms with Crippen molar-refractivity contribution in [2.45, 2.75) is 52.4 Å². The highest BCUT2D eigenvalue weighted by Gasteiger charge is 2.32. The van der Waals surface area contributed by atoms with E-state index >= 15 is 0 Å². The molecule has 25 heavy (non-hydrogen) atoms. The molecule has 1 aliphatic carbocycles. The van der Waals surface area contributed by atoms with Gasteiger partial charge in [0.2, 0.25) is 0 Å². The lowest BCUT2D eigenvalue weighted by molar-refractivity contribution is 0.730. The molecule has 1 unspecified atom stereocenters. The Labute approximate surface area is 151 Å². The minimum absolute atomic E-state index is 0.582. The normalized spacial score (nSPS) is 17.2. The molecule has 0 saturated heterocycles. The minimum atomic E-state index is 0.582. The predicted octanol–water partition coefficient (Wildman–Crippen LogP) is 6.98. The second-order valence-electron chi connectivity index (χ2n) is 7.23. The molecular weight excluding hydrogens is 302 g/mol. The Bertz CT molecular complexity index is 836. The lowest BCUT2D eigenvalue weighted by Gasteiger charge is -2.36. The predicted molar refractivity (Wildman–Crippen MR) is 108 cm³/mol. The van der Waals surface area contributed by atoms with Gasteiger partial charge in [-0.2, -0.15) is 0 Å². The van der Waals surface area contributed by atoms with Crippen LogP contribution < -0.4 is 4.90 Å². The number of allylic oxidation sites excluding steroid dienone is 2. The molecule has 1 saturated carbocycles. The number of hydrogen-bond acceptors (Lipinski definition) is 1. The fraction of sp³-hybridized carbons (Fsp3) is 0.333. The van der Waals surface area contributed by atoms with E-state index in [2.05, 4.69) is 80.3 Å². The molecule has 0 amide bonds. The van der Waals surface area contributed by atoms with Crippen molar-refractivity contribution in [1.29, 1.82) is 0 Å². The highest BCUT2D eigenvalue weighted by molar-refractivity contribution is 5.95. The van der Waals surface area contributed by atoms with Crippen LogP contribution in [0.15, 0.2) is 59.8 Å². The summed E-state index contributed by atoms with van der Waals surface area (Å²) in [6.45, 7) is 6.91. The number of fused-ring (bicyclic) bond motifs is 1. The number of rotatable bonds is 4. The van der Waals surface area contributed by atoms with Gasteiger partial charge in [0.25, 0.3) is 0 Å². The van der Waals surface area contributed by atoms with E-state index < -0.39 is 0 Å². The Morgan fingerprint density at radius 2 is 1.72 bits per heavy atom. The molecule has 0 bridgehead atoms. The smallest absolute Gasteiger partial charge is 0.0531 e. The van der Waals surface area contributed by atoms with Crippen molar-refractivity contribution >= 4 is 17.5 Å². The zero-order chi connectivity index (χ0) is 17.4. The van der Waals surface area contributed by atoms with E-state index in [9.17, 15) is 0 Å². The van der Waals surface area contributed by atoms with Crippen molar-refractivity contribution in [2.75, 3.05) is 4.90 Å². The molecule has 2 aliphatic rings. The fourth-order valence-electron chi connectivity index (χ4n) is 3.88. The Morgan fingerprint density at radius 3 is 2.36 bits per heavy atom. The minimum Gasteiger partial charge on any atom is -0.314 e. The van der Waals surface area contributed by atoms with Gasteiger partial charge >= 0.3 is 0 Å². The van der Waals surface area contributed by atoms with E-state index in [1.54, 1.807) is 5.57 Å². The average Bonchev–Trinajstić information content (AvgIpc) is 3.51. The molecule has 1 heterocycles. The molecular formula is C24H27N. The van der Waals surface area contributed by atoms with Gasteiger partial charge in [-0.15, -0.1) is 0 Å². The van der Waals surface area contributed by atoms with E-state index in [-0.39, 0.29) is 0 Å². The zero-order valence-electron chi connectivity index (χ0n) is 15.5. The Hall–Kier alpha value is -2.28. The van der Waals surface area contributed by atoms with Crippen molar-refractivity contribution in [2.24, 2.45) is 0 Å². The van der Waals surface area contributed by atoms with Crippen LogP contribution in [0.1, 0.15) is 69.1 Å². The van der Waals surface area contributed by atoms with E-state index in [0.717, 1.165) is 6.42 Å². The van der Waals surface area contributed by atoms with E-state index in [4.69, 9.17) is 0 Å². The first-order chi connectivity index (χ1) is 12.2. The summed E-state index contributed by atoms with van der Waals surface area (Å²) in [6, 6.07) is 17.7. The molecule has 1 heteroatoms. The van der Waals surface area contributed by atoms with Crippen LogP contribution in [0.4, 0.5) is 5.69 Å². The third kappa shape index (κ3) is 2.82.